The minimum atomic E-state index is -1.45. The Morgan fingerprint density at radius 1 is 1.07 bits per heavy atom. The second kappa shape index (κ2) is 15.1. The molecule has 45 heavy (non-hydrogen) atoms. The van der Waals surface area contributed by atoms with Crippen LogP contribution in [0.3, 0.4) is 0 Å². The van der Waals surface area contributed by atoms with Crippen molar-refractivity contribution >= 4 is 45.0 Å². The number of rotatable bonds is 13. The van der Waals surface area contributed by atoms with Crippen LogP contribution in [0.15, 0.2) is 112 Å². The Labute approximate surface area is 274 Å². The van der Waals surface area contributed by atoms with E-state index in [0.717, 1.165) is 15.6 Å². The van der Waals surface area contributed by atoms with Crippen molar-refractivity contribution in [1.29, 1.82) is 0 Å². The molecule has 0 unspecified atom stereocenters. The predicted molar refractivity (Wildman–Crippen MR) is 178 cm³/mol. The summed E-state index contributed by atoms with van der Waals surface area (Å²) in [5, 5.41) is 16.7. The molecule has 5 rings (SSSR count). The summed E-state index contributed by atoms with van der Waals surface area (Å²) >= 11 is 9.67. The van der Waals surface area contributed by atoms with E-state index in [2.05, 4.69) is 31.3 Å². The Morgan fingerprint density at radius 3 is 2.58 bits per heavy atom. The molecule has 0 fully saturated rings. The summed E-state index contributed by atoms with van der Waals surface area (Å²) < 4.78 is 13.2. The highest BCUT2D eigenvalue weighted by Crippen LogP contribution is 2.45. The zero-order valence-corrected chi connectivity index (χ0v) is 26.6. The molecule has 230 valence electrons. The summed E-state index contributed by atoms with van der Waals surface area (Å²) in [7, 11) is 0. The third kappa shape index (κ3) is 7.85. The van der Waals surface area contributed by atoms with Crippen LogP contribution < -0.4 is 10.1 Å². The van der Waals surface area contributed by atoms with E-state index >= 15 is 0 Å². The maximum Gasteiger partial charge on any atom is 0.252 e. The van der Waals surface area contributed by atoms with Gasteiger partial charge in [0.05, 0.1) is 6.61 Å². The average molecular weight is 689 g/mol. The predicted octanol–water partition coefficient (Wildman–Crippen LogP) is 7.66. The van der Waals surface area contributed by atoms with Crippen LogP contribution in [0, 0.1) is 0 Å². The first-order valence-corrected chi connectivity index (χ1v) is 15.6. The lowest BCUT2D eigenvalue weighted by Crippen LogP contribution is -2.50. The number of hydrogen-bond donors (Lipinski definition) is 2. The molecule has 1 amide bonds. The number of benzene rings is 4. The number of nitrogens with one attached hydrogen (secondary N) is 1. The van der Waals surface area contributed by atoms with Gasteiger partial charge in [-0.15, -0.1) is 0 Å². The van der Waals surface area contributed by atoms with Crippen LogP contribution in [0.2, 0.25) is 5.02 Å². The quantitative estimate of drug-likeness (QED) is 0.0647. The van der Waals surface area contributed by atoms with Gasteiger partial charge in [0.1, 0.15) is 5.75 Å². The third-order valence-electron chi connectivity index (χ3n) is 7.38. The molecule has 0 saturated carbocycles. The summed E-state index contributed by atoms with van der Waals surface area (Å²) in [6.45, 7) is 0.775. The number of aliphatic hydroxyl groups is 1. The van der Waals surface area contributed by atoms with Crippen LogP contribution in [0.25, 0.3) is 10.4 Å². The second-order valence-corrected chi connectivity index (χ2v) is 11.8. The fraction of sp³-hybridized carbons (Fsp3) is 0.235. The lowest BCUT2D eigenvalue weighted by atomic mass is 9.81. The number of amides is 1. The van der Waals surface area contributed by atoms with Gasteiger partial charge in [0, 0.05) is 57.2 Å². The van der Waals surface area contributed by atoms with Gasteiger partial charge in [-0.2, -0.15) is 0 Å². The van der Waals surface area contributed by atoms with Gasteiger partial charge >= 0.3 is 0 Å². The smallest absolute Gasteiger partial charge is 0.252 e. The van der Waals surface area contributed by atoms with Crippen molar-refractivity contribution < 1.29 is 19.4 Å². The molecule has 0 aromatic heterocycles. The highest BCUT2D eigenvalue weighted by atomic mass is 79.9. The van der Waals surface area contributed by atoms with E-state index in [0.29, 0.717) is 53.6 Å². The van der Waals surface area contributed by atoms with E-state index < -0.39 is 11.6 Å². The van der Waals surface area contributed by atoms with Crippen molar-refractivity contribution in [3.05, 3.63) is 139 Å². The Balaban J connectivity index is 1.56. The van der Waals surface area contributed by atoms with Crippen molar-refractivity contribution in [2.45, 2.75) is 30.9 Å². The molecule has 0 radical (unpaired) electrons. The molecule has 2 N–H and O–H groups in total. The van der Waals surface area contributed by atoms with Crippen molar-refractivity contribution in [1.82, 2.24) is 5.32 Å². The van der Waals surface area contributed by atoms with Gasteiger partial charge in [-0.3, -0.25) is 4.79 Å². The molecule has 1 heterocycles. The van der Waals surface area contributed by atoms with Gasteiger partial charge < -0.3 is 19.9 Å². The normalized spacial score (nSPS) is 17.1. The maximum atomic E-state index is 14.4. The summed E-state index contributed by atoms with van der Waals surface area (Å²) in [5.41, 5.74) is 11.3. The van der Waals surface area contributed by atoms with Gasteiger partial charge in [0.15, 0.2) is 11.6 Å². The second-order valence-electron chi connectivity index (χ2n) is 10.5. The first-order chi connectivity index (χ1) is 21.9. The Bertz CT molecular complexity index is 1710. The number of carbonyl (C=O) groups excluding carboxylic acids is 1. The fourth-order valence-corrected chi connectivity index (χ4v) is 5.66. The van der Waals surface area contributed by atoms with E-state index in [1.807, 2.05) is 66.7 Å². The van der Waals surface area contributed by atoms with Crippen LogP contribution in [-0.4, -0.2) is 42.2 Å². The van der Waals surface area contributed by atoms with Gasteiger partial charge in [-0.1, -0.05) is 81.2 Å². The Kier molecular flexibility index (Phi) is 10.8. The van der Waals surface area contributed by atoms with Crippen LogP contribution in [0.1, 0.15) is 34.8 Å². The molecule has 2 atom stereocenters. The number of halogens is 2. The zero-order valence-electron chi connectivity index (χ0n) is 24.3. The summed E-state index contributed by atoms with van der Waals surface area (Å²) in [5.74, 6) is 0.586. The number of carbonyl (C=O) groups is 1. The highest BCUT2D eigenvalue weighted by Gasteiger charge is 2.53. The van der Waals surface area contributed by atoms with E-state index in [1.165, 1.54) is 0 Å². The van der Waals surface area contributed by atoms with Gasteiger partial charge in [0.2, 0.25) is 5.90 Å². The van der Waals surface area contributed by atoms with Crippen molar-refractivity contribution in [2.75, 3.05) is 19.8 Å². The Morgan fingerprint density at radius 2 is 1.84 bits per heavy atom. The zero-order chi connectivity index (χ0) is 31.6. The van der Waals surface area contributed by atoms with E-state index in [1.54, 1.807) is 30.3 Å². The molecule has 11 heteroatoms. The van der Waals surface area contributed by atoms with Gasteiger partial charge in [0.25, 0.3) is 5.91 Å². The fourth-order valence-electron chi connectivity index (χ4n) is 5.19. The average Bonchev–Trinajstić information content (AvgIpc) is 3.43. The number of azide groups is 1. The molecule has 0 saturated heterocycles. The molecule has 1 aliphatic rings. The lowest BCUT2D eigenvalue weighted by Gasteiger charge is -2.31. The molecule has 4 aromatic rings. The van der Waals surface area contributed by atoms with Crippen molar-refractivity contribution in [2.24, 2.45) is 10.1 Å². The number of hydrogen-bond acceptors (Lipinski definition) is 6. The molecular weight excluding hydrogens is 658 g/mol. The van der Waals surface area contributed by atoms with E-state index in [4.69, 9.17) is 31.2 Å². The molecule has 0 spiro atoms. The van der Waals surface area contributed by atoms with Crippen LogP contribution in [0.5, 0.6) is 5.75 Å². The first-order valence-electron chi connectivity index (χ1n) is 14.4. The van der Waals surface area contributed by atoms with Crippen LogP contribution in [-0.2, 0) is 22.4 Å². The third-order valence-corrected chi connectivity index (χ3v) is 8.14. The largest absolute Gasteiger partial charge is 0.494 e. The molecule has 4 aromatic carbocycles. The molecule has 9 nitrogen and oxygen atoms in total. The topological polar surface area (TPSA) is 129 Å². The summed E-state index contributed by atoms with van der Waals surface area (Å²) in [6.07, 6.45) is 0.388. The SMILES string of the molecule is [N-]=[N+]=Nc1ccccc1[C@H]1OC(c2ccc(OCCCO)cc2)=N[C@@]1(Cc1ccc(Br)cc1)C(=O)NCCc1cccc(Cl)c1. The molecule has 0 bridgehead atoms. The summed E-state index contributed by atoms with van der Waals surface area (Å²) in [6, 6.07) is 29.5. The van der Waals surface area contributed by atoms with Crippen molar-refractivity contribution in [3.8, 4) is 5.75 Å². The minimum absolute atomic E-state index is 0.0447. The monoisotopic (exact) mass is 687 g/mol. The maximum absolute atomic E-state index is 14.4. The highest BCUT2D eigenvalue weighted by molar-refractivity contribution is 9.10. The van der Waals surface area contributed by atoms with Gasteiger partial charge in [-0.05, 0) is 71.6 Å². The molecule has 0 aliphatic carbocycles. The van der Waals surface area contributed by atoms with E-state index in [9.17, 15) is 10.3 Å². The van der Waals surface area contributed by atoms with Crippen molar-refractivity contribution in [3.63, 3.8) is 0 Å². The number of aliphatic imine (C=N–C) groups is 1. The molecule has 1 aliphatic heterocycles. The number of aliphatic hydroxyl groups excluding tert-OH is 1. The van der Waals surface area contributed by atoms with E-state index in [-0.39, 0.29) is 24.8 Å². The Hall–Kier alpha value is -4.34. The van der Waals surface area contributed by atoms with Gasteiger partial charge in [-0.25, -0.2) is 4.99 Å². The number of ether oxygens (including phenoxy) is 2. The molecular formula is C34H31BrClN5O4. The summed E-state index contributed by atoms with van der Waals surface area (Å²) in [4.78, 5) is 22.5. The van der Waals surface area contributed by atoms with Crippen LogP contribution in [0.4, 0.5) is 5.69 Å². The van der Waals surface area contributed by atoms with Crippen LogP contribution >= 0.6 is 27.5 Å². The first kappa shape index (κ1) is 32.1. The standard InChI is InChI=1S/C34H31BrClN5O4/c35-26-13-9-24(10-14-26)22-34(33(43)38-18-17-23-5-3-6-27(36)21-23)31(29-7-1-2-8-30(29)40-41-37)45-32(39-34)25-11-15-28(16-12-25)44-20-4-19-42/h1-3,5-16,21,31,42H,4,17-20,22H2,(H,38,43)/t31-,34-/m1/s1. The number of nitrogens with zero attached hydrogens (tertiary/aromatic N) is 4. The lowest BCUT2D eigenvalue weighted by molar-refractivity contribution is -0.128. The minimum Gasteiger partial charge on any atom is -0.494 e.